The SMILES string of the molecule is Cc1occc1SC(C)C(=O)OC(C)(C)C. The van der Waals surface area contributed by atoms with Crippen LogP contribution >= 0.6 is 11.8 Å². The van der Waals surface area contributed by atoms with Crippen molar-refractivity contribution in [2.45, 2.75) is 50.4 Å². The van der Waals surface area contributed by atoms with E-state index < -0.39 is 5.60 Å². The molecule has 0 fully saturated rings. The van der Waals surface area contributed by atoms with Crippen LogP contribution in [0.1, 0.15) is 33.5 Å². The van der Waals surface area contributed by atoms with Gasteiger partial charge in [-0.15, -0.1) is 11.8 Å². The van der Waals surface area contributed by atoms with E-state index in [1.165, 1.54) is 11.8 Å². The quantitative estimate of drug-likeness (QED) is 0.601. The van der Waals surface area contributed by atoms with Crippen molar-refractivity contribution in [2.75, 3.05) is 0 Å². The van der Waals surface area contributed by atoms with Gasteiger partial charge in [0, 0.05) is 4.90 Å². The molecule has 0 spiro atoms. The summed E-state index contributed by atoms with van der Waals surface area (Å²) in [5, 5.41) is -0.226. The van der Waals surface area contributed by atoms with E-state index in [1.54, 1.807) is 6.26 Å². The molecule has 0 aliphatic carbocycles. The van der Waals surface area contributed by atoms with Crippen LogP contribution in [-0.4, -0.2) is 16.8 Å². The highest BCUT2D eigenvalue weighted by Gasteiger charge is 2.23. The minimum atomic E-state index is -0.433. The van der Waals surface area contributed by atoms with Crippen LogP contribution in [0.15, 0.2) is 21.6 Å². The van der Waals surface area contributed by atoms with Gasteiger partial charge in [-0.3, -0.25) is 4.79 Å². The number of carbonyl (C=O) groups is 1. The zero-order chi connectivity index (χ0) is 12.3. The predicted molar refractivity (Wildman–Crippen MR) is 64.6 cm³/mol. The maximum atomic E-state index is 11.7. The third-order valence-electron chi connectivity index (χ3n) is 1.85. The fourth-order valence-electron chi connectivity index (χ4n) is 1.12. The number of hydrogen-bond acceptors (Lipinski definition) is 4. The number of carbonyl (C=O) groups excluding carboxylic acids is 1. The number of esters is 1. The molecule has 0 radical (unpaired) electrons. The summed E-state index contributed by atoms with van der Waals surface area (Å²) in [6.07, 6.45) is 1.62. The Morgan fingerprint density at radius 1 is 1.50 bits per heavy atom. The smallest absolute Gasteiger partial charge is 0.319 e. The van der Waals surface area contributed by atoms with Gasteiger partial charge in [-0.25, -0.2) is 0 Å². The third kappa shape index (κ3) is 3.93. The van der Waals surface area contributed by atoms with Gasteiger partial charge in [-0.1, -0.05) is 0 Å². The van der Waals surface area contributed by atoms with Crippen molar-refractivity contribution < 1.29 is 13.9 Å². The molecule has 0 aliphatic rings. The highest BCUT2D eigenvalue weighted by atomic mass is 32.2. The number of rotatable bonds is 3. The summed E-state index contributed by atoms with van der Waals surface area (Å²) in [7, 11) is 0. The molecule has 16 heavy (non-hydrogen) atoms. The van der Waals surface area contributed by atoms with Crippen molar-refractivity contribution in [3.8, 4) is 0 Å². The summed E-state index contributed by atoms with van der Waals surface area (Å²) in [5.41, 5.74) is -0.433. The first-order chi connectivity index (χ1) is 7.29. The maximum Gasteiger partial charge on any atom is 0.319 e. The standard InChI is InChI=1S/C12H18O3S/c1-8-10(6-7-14-8)16-9(2)11(13)15-12(3,4)5/h6-7,9H,1-5H3. The van der Waals surface area contributed by atoms with Crippen LogP contribution in [0.25, 0.3) is 0 Å². The van der Waals surface area contributed by atoms with E-state index in [-0.39, 0.29) is 11.2 Å². The van der Waals surface area contributed by atoms with Gasteiger partial charge in [-0.05, 0) is 40.7 Å². The fraction of sp³-hybridized carbons (Fsp3) is 0.583. The second-order valence-electron chi connectivity index (χ2n) is 4.63. The van der Waals surface area contributed by atoms with Gasteiger partial charge in [-0.2, -0.15) is 0 Å². The van der Waals surface area contributed by atoms with E-state index >= 15 is 0 Å². The predicted octanol–water partition coefficient (Wildman–Crippen LogP) is 3.41. The monoisotopic (exact) mass is 242 g/mol. The molecule has 3 nitrogen and oxygen atoms in total. The van der Waals surface area contributed by atoms with Crippen LogP contribution in [0.3, 0.4) is 0 Å². The van der Waals surface area contributed by atoms with Gasteiger partial charge in [0.1, 0.15) is 16.6 Å². The summed E-state index contributed by atoms with van der Waals surface area (Å²) in [6, 6.07) is 1.86. The molecule has 0 saturated heterocycles. The zero-order valence-electron chi connectivity index (χ0n) is 10.4. The largest absolute Gasteiger partial charge is 0.468 e. The van der Waals surface area contributed by atoms with Crippen molar-refractivity contribution in [3.63, 3.8) is 0 Å². The maximum absolute atomic E-state index is 11.7. The van der Waals surface area contributed by atoms with Crippen LogP contribution in [-0.2, 0) is 9.53 Å². The molecule has 1 aromatic rings. The Balaban J connectivity index is 2.56. The number of ether oxygens (including phenoxy) is 1. The summed E-state index contributed by atoms with van der Waals surface area (Å²) < 4.78 is 10.5. The van der Waals surface area contributed by atoms with Crippen molar-refractivity contribution in [3.05, 3.63) is 18.1 Å². The lowest BCUT2D eigenvalue weighted by Crippen LogP contribution is -2.28. The van der Waals surface area contributed by atoms with Crippen LogP contribution in [0.5, 0.6) is 0 Å². The molecular formula is C12H18O3S. The Morgan fingerprint density at radius 2 is 2.12 bits per heavy atom. The molecule has 4 heteroatoms. The lowest BCUT2D eigenvalue weighted by atomic mass is 10.2. The molecule has 0 amide bonds. The normalized spacial score (nSPS) is 13.6. The zero-order valence-corrected chi connectivity index (χ0v) is 11.2. The van der Waals surface area contributed by atoms with Gasteiger partial charge in [0.2, 0.25) is 0 Å². The molecule has 0 saturated carbocycles. The van der Waals surface area contributed by atoms with Crippen LogP contribution in [0.2, 0.25) is 0 Å². The molecule has 0 N–H and O–H groups in total. The van der Waals surface area contributed by atoms with Gasteiger partial charge in [0.15, 0.2) is 0 Å². The molecule has 1 aromatic heterocycles. The first kappa shape index (κ1) is 13.2. The van der Waals surface area contributed by atoms with Gasteiger partial charge < -0.3 is 9.15 Å². The molecule has 0 aromatic carbocycles. The van der Waals surface area contributed by atoms with Gasteiger partial charge >= 0.3 is 5.97 Å². The number of aryl methyl sites for hydroxylation is 1. The topological polar surface area (TPSA) is 39.4 Å². The lowest BCUT2D eigenvalue weighted by molar-refractivity contribution is -0.153. The number of furan rings is 1. The summed E-state index contributed by atoms with van der Waals surface area (Å²) in [5.74, 6) is 0.638. The first-order valence-electron chi connectivity index (χ1n) is 5.23. The average Bonchev–Trinajstić information content (AvgIpc) is 2.49. The van der Waals surface area contributed by atoms with Crippen LogP contribution < -0.4 is 0 Å². The number of thioether (sulfide) groups is 1. The Labute approximate surface area is 101 Å². The van der Waals surface area contributed by atoms with Crippen molar-refractivity contribution in [1.29, 1.82) is 0 Å². The van der Waals surface area contributed by atoms with Crippen LogP contribution in [0, 0.1) is 6.92 Å². The molecular weight excluding hydrogens is 224 g/mol. The molecule has 90 valence electrons. The summed E-state index contributed by atoms with van der Waals surface area (Å²) in [4.78, 5) is 12.7. The Kier molecular flexibility index (Phi) is 4.08. The minimum Gasteiger partial charge on any atom is -0.468 e. The van der Waals surface area contributed by atoms with Crippen molar-refractivity contribution >= 4 is 17.7 Å². The second-order valence-corrected chi connectivity index (χ2v) is 6.02. The molecule has 0 aliphatic heterocycles. The van der Waals surface area contributed by atoms with Crippen molar-refractivity contribution in [1.82, 2.24) is 0 Å². The average molecular weight is 242 g/mol. The second kappa shape index (κ2) is 4.95. The Morgan fingerprint density at radius 3 is 2.56 bits per heavy atom. The van der Waals surface area contributed by atoms with E-state index in [2.05, 4.69) is 0 Å². The Hall–Kier alpha value is -0.900. The van der Waals surface area contributed by atoms with E-state index in [1.807, 2.05) is 40.7 Å². The lowest BCUT2D eigenvalue weighted by Gasteiger charge is -2.21. The van der Waals surface area contributed by atoms with Gasteiger partial charge in [0.05, 0.1) is 6.26 Å². The number of hydrogen-bond donors (Lipinski definition) is 0. The van der Waals surface area contributed by atoms with Crippen molar-refractivity contribution in [2.24, 2.45) is 0 Å². The summed E-state index contributed by atoms with van der Waals surface area (Å²) in [6.45, 7) is 9.32. The van der Waals surface area contributed by atoms with E-state index in [0.29, 0.717) is 0 Å². The van der Waals surface area contributed by atoms with Crippen LogP contribution in [0.4, 0.5) is 0 Å². The van der Waals surface area contributed by atoms with E-state index in [9.17, 15) is 4.79 Å². The molecule has 1 unspecified atom stereocenters. The molecule has 1 heterocycles. The highest BCUT2D eigenvalue weighted by Crippen LogP contribution is 2.28. The minimum absolute atomic E-state index is 0.196. The highest BCUT2D eigenvalue weighted by molar-refractivity contribution is 8.00. The summed E-state index contributed by atoms with van der Waals surface area (Å²) >= 11 is 1.46. The van der Waals surface area contributed by atoms with E-state index in [0.717, 1.165) is 10.7 Å². The third-order valence-corrected chi connectivity index (χ3v) is 3.08. The first-order valence-corrected chi connectivity index (χ1v) is 6.11. The molecule has 1 atom stereocenters. The fourth-order valence-corrected chi connectivity index (χ4v) is 1.99. The molecule has 0 bridgehead atoms. The van der Waals surface area contributed by atoms with E-state index in [4.69, 9.17) is 9.15 Å². The van der Waals surface area contributed by atoms with Gasteiger partial charge in [0.25, 0.3) is 0 Å². The molecule has 1 rings (SSSR count). The Bertz CT molecular complexity index is 363.